The van der Waals surface area contributed by atoms with Crippen molar-refractivity contribution >= 4 is 0 Å². The Morgan fingerprint density at radius 2 is 1.57 bits per heavy atom. The first-order chi connectivity index (χ1) is 14.6. The Morgan fingerprint density at radius 3 is 2.17 bits per heavy atom. The van der Waals surface area contributed by atoms with E-state index < -0.39 is 23.5 Å². The predicted octanol–water partition coefficient (Wildman–Crippen LogP) is 2.87. The van der Waals surface area contributed by atoms with Crippen molar-refractivity contribution in [2.45, 2.75) is 12.2 Å². The van der Waals surface area contributed by atoms with E-state index in [-0.39, 0.29) is 0 Å². The standard InChI is InChI=1S/C23H21N5O2/c24-14-23(22(30)18-9-5-2-6-10-18)12-11-19(27-28-15-25-26-16-28)13-20(23)21(29)17-7-3-1-4-8-17/h1-13,15-16,20-22,27,29-30H. The summed E-state index contributed by atoms with van der Waals surface area (Å²) >= 11 is 0. The van der Waals surface area contributed by atoms with Gasteiger partial charge in [-0.05, 0) is 17.2 Å². The van der Waals surface area contributed by atoms with Crippen molar-refractivity contribution in [1.82, 2.24) is 14.9 Å². The summed E-state index contributed by atoms with van der Waals surface area (Å²) in [6.07, 6.45) is 6.03. The second-order valence-electron chi connectivity index (χ2n) is 7.18. The number of hydrogen-bond acceptors (Lipinski definition) is 6. The lowest BCUT2D eigenvalue weighted by Gasteiger charge is -2.40. The highest BCUT2D eigenvalue weighted by Gasteiger charge is 2.48. The van der Waals surface area contributed by atoms with Crippen LogP contribution in [0.2, 0.25) is 0 Å². The summed E-state index contributed by atoms with van der Waals surface area (Å²) in [5.41, 5.74) is 3.66. The normalized spacial score (nSPS) is 22.6. The van der Waals surface area contributed by atoms with Gasteiger partial charge in [0, 0.05) is 5.92 Å². The third-order valence-corrected chi connectivity index (χ3v) is 5.37. The van der Waals surface area contributed by atoms with Crippen LogP contribution >= 0.6 is 0 Å². The molecule has 150 valence electrons. The molecule has 7 heteroatoms. The number of nitriles is 1. The van der Waals surface area contributed by atoms with E-state index in [1.54, 1.807) is 47.2 Å². The third-order valence-electron chi connectivity index (χ3n) is 5.37. The molecule has 0 saturated carbocycles. The van der Waals surface area contributed by atoms with E-state index in [2.05, 4.69) is 21.7 Å². The number of hydrogen-bond donors (Lipinski definition) is 3. The predicted molar refractivity (Wildman–Crippen MR) is 111 cm³/mol. The molecule has 1 aliphatic carbocycles. The van der Waals surface area contributed by atoms with E-state index in [4.69, 9.17) is 0 Å². The number of rotatable bonds is 6. The van der Waals surface area contributed by atoms with E-state index in [9.17, 15) is 15.5 Å². The maximum Gasteiger partial charge on any atom is 0.139 e. The van der Waals surface area contributed by atoms with Crippen LogP contribution in [0.4, 0.5) is 0 Å². The van der Waals surface area contributed by atoms with Gasteiger partial charge in [0.05, 0.1) is 17.9 Å². The molecular weight excluding hydrogens is 378 g/mol. The van der Waals surface area contributed by atoms with E-state index >= 15 is 0 Å². The van der Waals surface area contributed by atoms with Crippen LogP contribution in [-0.2, 0) is 0 Å². The summed E-state index contributed by atoms with van der Waals surface area (Å²) in [6.45, 7) is 0. The minimum atomic E-state index is -1.37. The van der Waals surface area contributed by atoms with Gasteiger partial charge < -0.3 is 10.2 Å². The lowest BCUT2D eigenvalue weighted by molar-refractivity contribution is 0.00848. The Hall–Kier alpha value is -3.73. The minimum absolute atomic E-state index is 0.609. The number of aliphatic hydroxyl groups excluding tert-OH is 2. The highest BCUT2D eigenvalue weighted by molar-refractivity contribution is 5.41. The number of nitrogens with one attached hydrogen (secondary N) is 1. The molecular formula is C23H21N5O2. The monoisotopic (exact) mass is 399 g/mol. The van der Waals surface area contributed by atoms with Crippen LogP contribution in [0.3, 0.4) is 0 Å². The average molecular weight is 399 g/mol. The summed E-state index contributed by atoms with van der Waals surface area (Å²) in [4.78, 5) is 0. The van der Waals surface area contributed by atoms with E-state index in [0.717, 1.165) is 0 Å². The van der Waals surface area contributed by atoms with Crippen molar-refractivity contribution in [3.8, 4) is 6.07 Å². The summed E-state index contributed by atoms with van der Waals surface area (Å²) in [5.74, 6) is -0.718. The Balaban J connectivity index is 1.77. The molecule has 0 saturated heterocycles. The van der Waals surface area contributed by atoms with Crippen molar-refractivity contribution in [1.29, 1.82) is 5.26 Å². The lowest BCUT2D eigenvalue weighted by Crippen LogP contribution is -2.39. The van der Waals surface area contributed by atoms with Crippen LogP contribution in [0.5, 0.6) is 0 Å². The van der Waals surface area contributed by atoms with Crippen molar-refractivity contribution < 1.29 is 10.2 Å². The molecule has 0 radical (unpaired) electrons. The highest BCUT2D eigenvalue weighted by Crippen LogP contribution is 2.49. The molecule has 30 heavy (non-hydrogen) atoms. The molecule has 0 bridgehead atoms. The molecule has 1 aliphatic rings. The van der Waals surface area contributed by atoms with Gasteiger partial charge in [0.2, 0.25) is 0 Å². The third kappa shape index (κ3) is 3.62. The van der Waals surface area contributed by atoms with Gasteiger partial charge in [0.1, 0.15) is 24.2 Å². The van der Waals surface area contributed by atoms with Gasteiger partial charge in [0.15, 0.2) is 0 Å². The molecule has 7 nitrogen and oxygen atoms in total. The summed E-state index contributed by atoms with van der Waals surface area (Å²) < 4.78 is 1.56. The topological polar surface area (TPSA) is 107 Å². The van der Waals surface area contributed by atoms with Gasteiger partial charge in [-0.3, -0.25) is 5.43 Å². The SMILES string of the molecule is N#CC1(C(O)c2ccccc2)C=CC(Nn2cnnc2)=CC1C(O)c1ccccc1. The van der Waals surface area contributed by atoms with Crippen LogP contribution in [-0.4, -0.2) is 25.1 Å². The molecule has 3 N–H and O–H groups in total. The van der Waals surface area contributed by atoms with E-state index in [1.807, 2.05) is 36.4 Å². The Morgan fingerprint density at radius 1 is 0.967 bits per heavy atom. The highest BCUT2D eigenvalue weighted by atomic mass is 16.3. The zero-order valence-electron chi connectivity index (χ0n) is 16.1. The molecule has 2 aromatic carbocycles. The first-order valence-electron chi connectivity index (χ1n) is 9.54. The molecule has 4 unspecified atom stereocenters. The number of aromatic nitrogens is 3. The van der Waals surface area contributed by atoms with Gasteiger partial charge in [-0.15, -0.1) is 10.2 Å². The maximum atomic E-state index is 11.3. The van der Waals surface area contributed by atoms with E-state index in [1.165, 1.54) is 12.7 Å². The van der Waals surface area contributed by atoms with Gasteiger partial charge >= 0.3 is 0 Å². The summed E-state index contributed by atoms with van der Waals surface area (Å²) in [5, 5.41) is 40.3. The Labute approximate surface area is 174 Å². The number of nitrogens with zero attached hydrogens (tertiary/aromatic N) is 4. The first kappa shape index (κ1) is 19.6. The fourth-order valence-electron chi connectivity index (χ4n) is 3.78. The molecule has 3 aromatic rings. The maximum absolute atomic E-state index is 11.3. The van der Waals surface area contributed by atoms with Crippen molar-refractivity contribution in [3.05, 3.63) is 108 Å². The van der Waals surface area contributed by atoms with E-state index in [0.29, 0.717) is 16.8 Å². The van der Waals surface area contributed by atoms with Gasteiger partial charge in [0.25, 0.3) is 0 Å². The fourth-order valence-corrected chi connectivity index (χ4v) is 3.78. The lowest BCUT2D eigenvalue weighted by atomic mass is 9.65. The van der Waals surface area contributed by atoms with Gasteiger partial charge in [-0.25, -0.2) is 4.68 Å². The number of allylic oxidation sites excluding steroid dienone is 1. The Kier molecular flexibility index (Phi) is 5.44. The summed E-state index contributed by atoms with van der Waals surface area (Å²) in [7, 11) is 0. The number of aliphatic hydroxyl groups is 2. The van der Waals surface area contributed by atoms with Gasteiger partial charge in [-0.2, -0.15) is 5.26 Å². The minimum Gasteiger partial charge on any atom is -0.388 e. The fraction of sp³-hybridized carbons (Fsp3) is 0.174. The summed E-state index contributed by atoms with van der Waals surface area (Å²) in [6, 6.07) is 20.5. The molecule has 0 amide bonds. The molecule has 0 spiro atoms. The zero-order valence-corrected chi connectivity index (χ0v) is 16.1. The second-order valence-corrected chi connectivity index (χ2v) is 7.18. The molecule has 4 rings (SSSR count). The molecule has 1 aromatic heterocycles. The molecule has 1 heterocycles. The van der Waals surface area contributed by atoms with Crippen molar-refractivity contribution in [2.24, 2.45) is 11.3 Å². The van der Waals surface area contributed by atoms with Crippen molar-refractivity contribution in [2.75, 3.05) is 5.43 Å². The quantitative estimate of drug-likeness (QED) is 0.588. The Bertz CT molecular complexity index is 1070. The van der Waals surface area contributed by atoms with Crippen molar-refractivity contribution in [3.63, 3.8) is 0 Å². The van der Waals surface area contributed by atoms with Gasteiger partial charge in [-0.1, -0.05) is 72.8 Å². The molecule has 0 aliphatic heterocycles. The largest absolute Gasteiger partial charge is 0.388 e. The van der Waals surface area contributed by atoms with Crippen LogP contribution < -0.4 is 5.43 Å². The van der Waals surface area contributed by atoms with Crippen LogP contribution in [0, 0.1) is 22.7 Å². The number of benzene rings is 2. The smallest absolute Gasteiger partial charge is 0.139 e. The first-order valence-corrected chi connectivity index (χ1v) is 9.54. The molecule has 0 fully saturated rings. The second kappa shape index (κ2) is 8.33. The zero-order chi connectivity index (χ0) is 21.0. The average Bonchev–Trinajstić information content (AvgIpc) is 3.32. The van der Waals surface area contributed by atoms with Crippen LogP contribution in [0.15, 0.2) is 97.2 Å². The van der Waals surface area contributed by atoms with Crippen LogP contribution in [0.1, 0.15) is 23.3 Å². The molecule has 4 atom stereocenters. The van der Waals surface area contributed by atoms with Crippen LogP contribution in [0.25, 0.3) is 0 Å².